The summed E-state index contributed by atoms with van der Waals surface area (Å²) in [6.07, 6.45) is 0. The van der Waals surface area contributed by atoms with E-state index in [-0.39, 0.29) is 0 Å². The van der Waals surface area contributed by atoms with Crippen LogP contribution in [0, 0.1) is 0 Å². The molecule has 3 nitrogen and oxygen atoms in total. The first-order valence-corrected chi connectivity index (χ1v) is 5.72. The molecule has 2 rings (SSSR count). The third kappa shape index (κ3) is 1.95. The van der Waals surface area contributed by atoms with Gasteiger partial charge in [0.25, 0.3) is 0 Å². The molecule has 1 unspecified atom stereocenters. The molecule has 1 aromatic heterocycles. The fourth-order valence-electron chi connectivity index (χ4n) is 1.65. The van der Waals surface area contributed by atoms with Gasteiger partial charge in [0.05, 0.1) is 0 Å². The van der Waals surface area contributed by atoms with E-state index in [2.05, 4.69) is 37.9 Å². The predicted molar refractivity (Wildman–Crippen MR) is 65.6 cm³/mol. The lowest BCUT2D eigenvalue weighted by atomic mass is 10.0. The van der Waals surface area contributed by atoms with Gasteiger partial charge in [0, 0.05) is 5.92 Å². The van der Waals surface area contributed by atoms with Crippen LogP contribution in [-0.4, -0.2) is 11.5 Å². The fraction of sp³-hybridized carbons (Fsp3) is 0.462. The summed E-state index contributed by atoms with van der Waals surface area (Å²) in [7, 11) is 0. The highest BCUT2D eigenvalue weighted by atomic mass is 16.3. The molecule has 1 atom stereocenters. The highest BCUT2D eigenvalue weighted by Crippen LogP contribution is 2.24. The summed E-state index contributed by atoms with van der Waals surface area (Å²) >= 11 is 0. The summed E-state index contributed by atoms with van der Waals surface area (Å²) in [5.41, 5.74) is 8.67. The topological polar surface area (TPSA) is 52.0 Å². The van der Waals surface area contributed by atoms with Crippen LogP contribution in [0.15, 0.2) is 22.6 Å². The Labute approximate surface area is 95.7 Å². The second-order valence-electron chi connectivity index (χ2n) is 4.57. The summed E-state index contributed by atoms with van der Waals surface area (Å²) < 4.78 is 5.66. The SMILES string of the molecule is CC(C)c1nc2cc(C(C)CN)ccc2o1. The molecular weight excluding hydrogens is 200 g/mol. The third-order valence-electron chi connectivity index (χ3n) is 2.84. The average Bonchev–Trinajstić information content (AvgIpc) is 2.70. The maximum atomic E-state index is 5.66. The molecule has 1 heterocycles. The van der Waals surface area contributed by atoms with Crippen molar-refractivity contribution in [3.63, 3.8) is 0 Å². The number of benzene rings is 1. The van der Waals surface area contributed by atoms with Crippen molar-refractivity contribution in [2.45, 2.75) is 32.6 Å². The average molecular weight is 218 g/mol. The van der Waals surface area contributed by atoms with E-state index >= 15 is 0 Å². The Bertz CT molecular complexity index is 488. The van der Waals surface area contributed by atoms with Gasteiger partial charge in [-0.3, -0.25) is 0 Å². The number of nitrogens with two attached hydrogens (primary N) is 1. The van der Waals surface area contributed by atoms with Crippen molar-refractivity contribution >= 4 is 11.1 Å². The molecule has 3 heteroatoms. The van der Waals surface area contributed by atoms with Gasteiger partial charge in [-0.15, -0.1) is 0 Å². The van der Waals surface area contributed by atoms with Crippen molar-refractivity contribution in [1.82, 2.24) is 4.98 Å². The lowest BCUT2D eigenvalue weighted by molar-refractivity contribution is 0.501. The molecule has 0 bridgehead atoms. The second kappa shape index (κ2) is 4.26. The van der Waals surface area contributed by atoms with E-state index in [1.165, 1.54) is 5.56 Å². The molecule has 0 saturated carbocycles. The van der Waals surface area contributed by atoms with Crippen LogP contribution in [0.4, 0.5) is 0 Å². The third-order valence-corrected chi connectivity index (χ3v) is 2.84. The van der Waals surface area contributed by atoms with Crippen molar-refractivity contribution in [3.8, 4) is 0 Å². The first-order chi connectivity index (χ1) is 7.61. The molecule has 0 aliphatic carbocycles. The van der Waals surface area contributed by atoms with Crippen LogP contribution in [0.25, 0.3) is 11.1 Å². The van der Waals surface area contributed by atoms with Gasteiger partial charge in [0.15, 0.2) is 11.5 Å². The van der Waals surface area contributed by atoms with E-state index in [0.717, 1.165) is 17.0 Å². The van der Waals surface area contributed by atoms with Crippen molar-refractivity contribution in [2.24, 2.45) is 5.73 Å². The Morgan fingerprint density at radius 2 is 2.06 bits per heavy atom. The van der Waals surface area contributed by atoms with Crippen molar-refractivity contribution in [3.05, 3.63) is 29.7 Å². The number of rotatable bonds is 3. The molecule has 86 valence electrons. The summed E-state index contributed by atoms with van der Waals surface area (Å²) in [5.74, 6) is 1.49. The molecule has 2 aromatic rings. The van der Waals surface area contributed by atoms with E-state index in [9.17, 15) is 0 Å². The van der Waals surface area contributed by atoms with Crippen LogP contribution in [0.1, 0.15) is 44.1 Å². The Balaban J connectivity index is 2.45. The van der Waals surface area contributed by atoms with Gasteiger partial charge in [0.2, 0.25) is 0 Å². The van der Waals surface area contributed by atoms with Gasteiger partial charge in [-0.2, -0.15) is 0 Å². The van der Waals surface area contributed by atoms with E-state index in [4.69, 9.17) is 10.2 Å². The first-order valence-electron chi connectivity index (χ1n) is 5.72. The molecular formula is C13H18N2O. The van der Waals surface area contributed by atoms with Crippen LogP contribution < -0.4 is 5.73 Å². The number of hydrogen-bond donors (Lipinski definition) is 1. The van der Waals surface area contributed by atoms with Gasteiger partial charge >= 0.3 is 0 Å². The number of hydrogen-bond acceptors (Lipinski definition) is 3. The number of oxazole rings is 1. The zero-order chi connectivity index (χ0) is 11.7. The molecule has 0 amide bonds. The zero-order valence-corrected chi connectivity index (χ0v) is 10.0. The van der Waals surface area contributed by atoms with Crippen LogP contribution in [0.2, 0.25) is 0 Å². The largest absolute Gasteiger partial charge is 0.440 e. The maximum Gasteiger partial charge on any atom is 0.198 e. The Hall–Kier alpha value is -1.35. The van der Waals surface area contributed by atoms with E-state index in [1.54, 1.807) is 0 Å². The molecule has 0 aliphatic rings. The lowest BCUT2D eigenvalue weighted by Crippen LogP contribution is -2.08. The Morgan fingerprint density at radius 1 is 1.31 bits per heavy atom. The normalized spacial score (nSPS) is 13.6. The second-order valence-corrected chi connectivity index (χ2v) is 4.57. The van der Waals surface area contributed by atoms with Gasteiger partial charge in [-0.1, -0.05) is 26.8 Å². The highest BCUT2D eigenvalue weighted by Gasteiger charge is 2.11. The maximum absolute atomic E-state index is 5.66. The quantitative estimate of drug-likeness (QED) is 0.861. The summed E-state index contributed by atoms with van der Waals surface area (Å²) in [6, 6.07) is 6.12. The molecule has 0 fully saturated rings. The van der Waals surface area contributed by atoms with Crippen molar-refractivity contribution in [1.29, 1.82) is 0 Å². The summed E-state index contributed by atoms with van der Waals surface area (Å²) in [4.78, 5) is 4.48. The minimum Gasteiger partial charge on any atom is -0.440 e. The molecule has 1 aromatic carbocycles. The molecule has 0 aliphatic heterocycles. The van der Waals surface area contributed by atoms with Gasteiger partial charge in [-0.05, 0) is 30.2 Å². The van der Waals surface area contributed by atoms with E-state index in [1.807, 2.05) is 6.07 Å². The van der Waals surface area contributed by atoms with Gasteiger partial charge < -0.3 is 10.2 Å². The number of fused-ring (bicyclic) bond motifs is 1. The number of nitrogens with zero attached hydrogens (tertiary/aromatic N) is 1. The minimum absolute atomic E-state index is 0.322. The predicted octanol–water partition coefficient (Wildman–Crippen LogP) is 3.01. The molecule has 0 spiro atoms. The Kier molecular flexibility index (Phi) is 2.97. The van der Waals surface area contributed by atoms with Gasteiger partial charge in [-0.25, -0.2) is 4.98 Å². The van der Waals surface area contributed by atoms with E-state index in [0.29, 0.717) is 18.4 Å². The smallest absolute Gasteiger partial charge is 0.198 e. The fourth-order valence-corrected chi connectivity index (χ4v) is 1.65. The van der Waals surface area contributed by atoms with E-state index < -0.39 is 0 Å². The molecule has 0 saturated heterocycles. The van der Waals surface area contributed by atoms with Crippen molar-refractivity contribution < 1.29 is 4.42 Å². The monoisotopic (exact) mass is 218 g/mol. The summed E-state index contributed by atoms with van der Waals surface area (Å²) in [5, 5.41) is 0. The van der Waals surface area contributed by atoms with Crippen LogP contribution >= 0.6 is 0 Å². The molecule has 2 N–H and O–H groups in total. The Morgan fingerprint density at radius 3 is 2.69 bits per heavy atom. The standard InChI is InChI=1S/C13H18N2O/c1-8(2)13-15-11-6-10(9(3)7-14)4-5-12(11)16-13/h4-6,8-9H,7,14H2,1-3H3. The summed E-state index contributed by atoms with van der Waals surface area (Å²) in [6.45, 7) is 6.92. The van der Waals surface area contributed by atoms with Crippen LogP contribution in [0.3, 0.4) is 0 Å². The minimum atomic E-state index is 0.322. The lowest BCUT2D eigenvalue weighted by Gasteiger charge is -2.07. The van der Waals surface area contributed by atoms with Crippen LogP contribution in [-0.2, 0) is 0 Å². The zero-order valence-electron chi connectivity index (χ0n) is 10.0. The molecule has 0 radical (unpaired) electrons. The van der Waals surface area contributed by atoms with Crippen molar-refractivity contribution in [2.75, 3.05) is 6.54 Å². The van der Waals surface area contributed by atoms with Gasteiger partial charge in [0.1, 0.15) is 5.52 Å². The number of aromatic nitrogens is 1. The highest BCUT2D eigenvalue weighted by molar-refractivity contribution is 5.73. The molecule has 16 heavy (non-hydrogen) atoms. The first kappa shape index (κ1) is 11.1. The van der Waals surface area contributed by atoms with Crippen LogP contribution in [0.5, 0.6) is 0 Å².